The fourth-order valence-corrected chi connectivity index (χ4v) is 4.85. The first-order valence-electron chi connectivity index (χ1n) is 7.76. The van der Waals surface area contributed by atoms with E-state index in [9.17, 15) is 44.3 Å². The number of amides is 1. The average Bonchev–Trinajstić information content (AvgIpc) is 2.85. The summed E-state index contributed by atoms with van der Waals surface area (Å²) in [5, 5.41) is 10.0. The molecule has 1 aliphatic rings. The minimum absolute atomic E-state index is 0.241. The molecule has 1 saturated heterocycles. The third-order valence-electron chi connectivity index (χ3n) is 3.84. The lowest BCUT2D eigenvalue weighted by molar-refractivity contribution is -0.137. The molecule has 15 heteroatoms. The largest absolute Gasteiger partial charge is 0.506 e. The number of nitrogens with one attached hydrogen (secondary N) is 2. The van der Waals surface area contributed by atoms with Gasteiger partial charge < -0.3 is 5.11 Å². The van der Waals surface area contributed by atoms with Gasteiger partial charge in [-0.25, -0.2) is 21.8 Å². The molecule has 0 spiro atoms. The molecule has 0 radical (unpaired) electrons. The predicted molar refractivity (Wildman–Crippen MR) is 94.7 cm³/mol. The van der Waals surface area contributed by atoms with E-state index in [0.29, 0.717) is 24.3 Å². The van der Waals surface area contributed by atoms with Gasteiger partial charge in [-0.05, 0) is 18.2 Å². The van der Waals surface area contributed by atoms with Gasteiger partial charge in [-0.1, -0.05) is 6.07 Å². The maximum absolute atomic E-state index is 14.4. The minimum Gasteiger partial charge on any atom is -0.506 e. The van der Waals surface area contributed by atoms with Crippen LogP contribution in [0.5, 0.6) is 5.75 Å². The molecule has 0 aliphatic carbocycles. The van der Waals surface area contributed by atoms with Crippen molar-refractivity contribution >= 4 is 37.5 Å². The summed E-state index contributed by atoms with van der Waals surface area (Å²) in [4.78, 5) is 10.5. The molecule has 1 aliphatic heterocycles. The quantitative estimate of drug-likeness (QED) is 0.582. The number of benzene rings is 2. The lowest BCUT2D eigenvalue weighted by Gasteiger charge is -2.18. The highest BCUT2D eigenvalue weighted by molar-refractivity contribution is 7.92. The van der Waals surface area contributed by atoms with Gasteiger partial charge in [0.2, 0.25) is 0 Å². The third kappa shape index (κ3) is 4.11. The summed E-state index contributed by atoms with van der Waals surface area (Å²) in [5.41, 5.74) is -2.73. The Morgan fingerprint density at radius 1 is 1.17 bits per heavy atom. The summed E-state index contributed by atoms with van der Waals surface area (Å²) < 4.78 is 105. The van der Waals surface area contributed by atoms with Crippen molar-refractivity contribution in [2.45, 2.75) is 11.1 Å². The Balaban J connectivity index is 1.96. The van der Waals surface area contributed by atoms with E-state index < -0.39 is 72.3 Å². The molecule has 30 heavy (non-hydrogen) atoms. The number of halogens is 4. The maximum Gasteiger partial charge on any atom is 0.416 e. The summed E-state index contributed by atoms with van der Waals surface area (Å²) in [6, 6.07) is 3.89. The molecular formula is C15H11F4N3O6S2. The van der Waals surface area contributed by atoms with Crippen LogP contribution in [0, 0.1) is 5.82 Å². The molecule has 1 heterocycles. The predicted octanol–water partition coefficient (Wildman–Crippen LogP) is 1.53. The lowest BCUT2D eigenvalue weighted by Crippen LogP contribution is -2.30. The number of carbonyl (C=O) groups is 1. The number of rotatable bonds is 4. The summed E-state index contributed by atoms with van der Waals surface area (Å²) in [5.74, 6) is -3.42. The zero-order valence-corrected chi connectivity index (χ0v) is 16.1. The van der Waals surface area contributed by atoms with Crippen LogP contribution in [0.2, 0.25) is 0 Å². The fraction of sp³-hybridized carbons (Fsp3) is 0.133. The normalized spacial score (nSPS) is 16.4. The smallest absolute Gasteiger partial charge is 0.416 e. The van der Waals surface area contributed by atoms with E-state index in [1.54, 1.807) is 9.44 Å². The van der Waals surface area contributed by atoms with Gasteiger partial charge >= 0.3 is 16.4 Å². The zero-order valence-electron chi connectivity index (χ0n) is 14.4. The van der Waals surface area contributed by atoms with Gasteiger partial charge in [0.05, 0.1) is 16.1 Å². The van der Waals surface area contributed by atoms with Crippen LogP contribution >= 0.6 is 0 Å². The van der Waals surface area contributed by atoms with E-state index in [2.05, 4.69) is 0 Å². The second kappa shape index (κ2) is 7.02. The number of phenolic OH excluding ortho intramolecular Hbond substituents is 1. The van der Waals surface area contributed by atoms with Crippen molar-refractivity contribution in [3.63, 3.8) is 0 Å². The van der Waals surface area contributed by atoms with E-state index in [0.717, 1.165) is 12.1 Å². The van der Waals surface area contributed by atoms with Crippen LogP contribution in [0.15, 0.2) is 41.3 Å². The number of alkyl halides is 3. The van der Waals surface area contributed by atoms with Crippen molar-refractivity contribution in [2.75, 3.05) is 15.6 Å². The van der Waals surface area contributed by atoms with Crippen LogP contribution in [0.25, 0.3) is 0 Å². The highest BCUT2D eigenvalue weighted by atomic mass is 32.2. The number of anilines is 2. The summed E-state index contributed by atoms with van der Waals surface area (Å²) in [6.07, 6.45) is -4.80. The first kappa shape index (κ1) is 21.6. The highest BCUT2D eigenvalue weighted by Gasteiger charge is 2.37. The third-order valence-corrected chi connectivity index (χ3v) is 6.59. The Labute approximate surface area is 167 Å². The molecule has 2 aromatic carbocycles. The number of hydrogen-bond donors (Lipinski definition) is 3. The van der Waals surface area contributed by atoms with Crippen LogP contribution < -0.4 is 13.7 Å². The number of phenols is 1. The van der Waals surface area contributed by atoms with E-state index >= 15 is 0 Å². The van der Waals surface area contributed by atoms with E-state index in [4.69, 9.17) is 0 Å². The number of aromatic hydroxyl groups is 1. The molecule has 0 saturated carbocycles. The SMILES string of the molecule is O=C1CN(c2c(O)cc(NS(=O)(=O)c3cccc(C(F)(F)F)c3)cc2F)S(=O)(=O)N1. The molecule has 0 unspecified atom stereocenters. The van der Waals surface area contributed by atoms with Crippen LogP contribution in [0.3, 0.4) is 0 Å². The molecule has 0 atom stereocenters. The molecule has 162 valence electrons. The summed E-state index contributed by atoms with van der Waals surface area (Å²) >= 11 is 0. The lowest BCUT2D eigenvalue weighted by atomic mass is 10.2. The van der Waals surface area contributed by atoms with Crippen molar-refractivity contribution < 1.29 is 44.3 Å². The van der Waals surface area contributed by atoms with Crippen LogP contribution in [0.1, 0.15) is 5.56 Å². The Hall–Kier alpha value is -3.07. The maximum atomic E-state index is 14.4. The molecule has 9 nitrogen and oxygen atoms in total. The number of carbonyl (C=O) groups excluding carboxylic acids is 1. The van der Waals surface area contributed by atoms with Gasteiger partial charge in [0.15, 0.2) is 5.82 Å². The van der Waals surface area contributed by atoms with Crippen molar-refractivity contribution in [1.82, 2.24) is 4.72 Å². The van der Waals surface area contributed by atoms with Crippen molar-refractivity contribution in [2.24, 2.45) is 0 Å². The number of sulfonamides is 1. The van der Waals surface area contributed by atoms with Crippen molar-refractivity contribution in [3.8, 4) is 5.75 Å². The molecule has 1 fully saturated rings. The van der Waals surface area contributed by atoms with Crippen LogP contribution in [-0.2, 0) is 31.2 Å². The summed E-state index contributed by atoms with van der Waals surface area (Å²) in [7, 11) is -9.07. The van der Waals surface area contributed by atoms with Crippen molar-refractivity contribution in [3.05, 3.63) is 47.8 Å². The zero-order chi connectivity index (χ0) is 22.5. The van der Waals surface area contributed by atoms with Gasteiger partial charge in [0.25, 0.3) is 15.9 Å². The highest BCUT2D eigenvalue weighted by Crippen LogP contribution is 2.37. The van der Waals surface area contributed by atoms with Gasteiger partial charge in [0, 0.05) is 12.1 Å². The first-order chi connectivity index (χ1) is 13.7. The van der Waals surface area contributed by atoms with E-state index in [-0.39, 0.29) is 4.31 Å². The molecule has 3 N–H and O–H groups in total. The Kier molecular flexibility index (Phi) is 5.06. The molecule has 0 aromatic heterocycles. The number of hydrogen-bond acceptors (Lipinski definition) is 6. The van der Waals surface area contributed by atoms with Crippen LogP contribution in [-0.4, -0.2) is 34.4 Å². The molecule has 1 amide bonds. The topological polar surface area (TPSA) is 133 Å². The summed E-state index contributed by atoms with van der Waals surface area (Å²) in [6.45, 7) is -0.817. The van der Waals surface area contributed by atoms with E-state index in [1.807, 2.05) is 0 Å². The molecule has 0 bridgehead atoms. The monoisotopic (exact) mass is 469 g/mol. The van der Waals surface area contributed by atoms with Gasteiger partial charge in [-0.15, -0.1) is 0 Å². The van der Waals surface area contributed by atoms with Gasteiger partial charge in [0.1, 0.15) is 18.0 Å². The number of nitrogens with zero attached hydrogens (tertiary/aromatic N) is 1. The second-order valence-electron chi connectivity index (χ2n) is 5.99. The van der Waals surface area contributed by atoms with Gasteiger partial charge in [-0.3, -0.25) is 9.52 Å². The average molecular weight is 469 g/mol. The standard InChI is InChI=1S/C15H11F4N3O6S2/c16-11-5-9(6-12(23)14(11)22-7-13(24)21-30(22,27)28)20-29(25,26)10-3-1-2-8(4-10)15(17,18)19/h1-6,20,23H,7H2,(H,21,24). The molecular weight excluding hydrogens is 458 g/mol. The van der Waals surface area contributed by atoms with Gasteiger partial charge in [-0.2, -0.15) is 21.6 Å². The van der Waals surface area contributed by atoms with Crippen molar-refractivity contribution in [1.29, 1.82) is 0 Å². The minimum atomic E-state index is -4.80. The molecule has 2 aromatic rings. The first-order valence-corrected chi connectivity index (χ1v) is 10.7. The fourth-order valence-electron chi connectivity index (χ4n) is 2.59. The Morgan fingerprint density at radius 3 is 2.37 bits per heavy atom. The molecule has 3 rings (SSSR count). The Bertz CT molecular complexity index is 1220. The Morgan fingerprint density at radius 2 is 1.83 bits per heavy atom. The van der Waals surface area contributed by atoms with Crippen LogP contribution in [0.4, 0.5) is 28.9 Å². The van der Waals surface area contributed by atoms with E-state index in [1.165, 1.54) is 0 Å². The second-order valence-corrected chi connectivity index (χ2v) is 9.27.